The second-order valence-corrected chi connectivity index (χ2v) is 11.7. The molecule has 202 valence electrons. The number of aromatic nitrogens is 4. The van der Waals surface area contributed by atoms with E-state index in [0.717, 1.165) is 71.4 Å². The van der Waals surface area contributed by atoms with E-state index in [2.05, 4.69) is 30.2 Å². The van der Waals surface area contributed by atoms with E-state index in [0.29, 0.717) is 5.82 Å². The fraction of sp³-hybridized carbons (Fsp3) is 0.419. The van der Waals surface area contributed by atoms with Gasteiger partial charge in [-0.25, -0.2) is 9.78 Å². The molecule has 2 fully saturated rings. The summed E-state index contributed by atoms with van der Waals surface area (Å²) < 4.78 is 7.50. The van der Waals surface area contributed by atoms with Gasteiger partial charge in [0.25, 0.3) is 0 Å². The average Bonchev–Trinajstić information content (AvgIpc) is 3.46. The number of benzene rings is 1. The summed E-state index contributed by atoms with van der Waals surface area (Å²) >= 11 is 0. The summed E-state index contributed by atoms with van der Waals surface area (Å²) in [5.41, 5.74) is 12.9. The lowest BCUT2D eigenvalue weighted by molar-refractivity contribution is 0.00568. The smallest absolute Gasteiger partial charge is 0.410 e. The van der Waals surface area contributed by atoms with Crippen molar-refractivity contribution in [2.24, 2.45) is 0 Å². The molecule has 0 radical (unpaired) electrons. The number of piperidine rings is 1. The number of hydrogen-bond donors (Lipinski definition) is 1. The van der Waals surface area contributed by atoms with Crippen LogP contribution < -0.4 is 5.73 Å². The van der Waals surface area contributed by atoms with Crippen molar-refractivity contribution in [3.05, 3.63) is 66.1 Å². The Bertz CT molecular complexity index is 1490. The molecule has 4 aromatic rings. The molecule has 0 aliphatic carbocycles. The molecular weight excluding hydrogens is 488 g/mol. The van der Waals surface area contributed by atoms with E-state index in [1.165, 1.54) is 0 Å². The summed E-state index contributed by atoms with van der Waals surface area (Å²) in [6.07, 6.45) is 8.00. The quantitative estimate of drug-likeness (QED) is 0.339. The largest absolute Gasteiger partial charge is 0.444 e. The van der Waals surface area contributed by atoms with Crippen molar-refractivity contribution in [2.45, 2.75) is 83.4 Å². The first-order valence-electron chi connectivity index (χ1n) is 13.9. The van der Waals surface area contributed by atoms with Crippen LogP contribution in [0.2, 0.25) is 0 Å². The lowest BCUT2D eigenvalue weighted by Crippen LogP contribution is -2.48. The van der Waals surface area contributed by atoms with Gasteiger partial charge in [-0.05, 0) is 58.9 Å². The molecule has 1 amide bonds. The number of rotatable bonds is 4. The Morgan fingerprint density at radius 2 is 1.74 bits per heavy atom. The molecule has 5 heterocycles. The van der Waals surface area contributed by atoms with E-state index in [-0.39, 0.29) is 24.1 Å². The van der Waals surface area contributed by atoms with E-state index in [9.17, 15) is 4.79 Å². The third-order valence-electron chi connectivity index (χ3n) is 8.04. The highest BCUT2D eigenvalue weighted by Crippen LogP contribution is 2.45. The van der Waals surface area contributed by atoms with Gasteiger partial charge < -0.3 is 15.4 Å². The molecule has 8 heteroatoms. The number of nitrogens with two attached hydrogens (primary N) is 1. The van der Waals surface area contributed by atoms with Gasteiger partial charge in [-0.1, -0.05) is 43.3 Å². The highest BCUT2D eigenvalue weighted by atomic mass is 16.6. The summed E-state index contributed by atoms with van der Waals surface area (Å²) in [4.78, 5) is 24.9. The van der Waals surface area contributed by atoms with Crippen LogP contribution in [-0.4, -0.2) is 48.3 Å². The van der Waals surface area contributed by atoms with Crippen molar-refractivity contribution in [3.8, 4) is 22.4 Å². The highest BCUT2D eigenvalue weighted by Gasteiger charge is 2.46. The van der Waals surface area contributed by atoms with E-state index < -0.39 is 5.60 Å². The number of ether oxygens (including phenoxy) is 1. The van der Waals surface area contributed by atoms with Gasteiger partial charge in [0.05, 0.1) is 17.6 Å². The maximum Gasteiger partial charge on any atom is 0.410 e. The molecule has 2 unspecified atom stereocenters. The van der Waals surface area contributed by atoms with Crippen LogP contribution in [0.25, 0.3) is 28.0 Å². The fourth-order valence-electron chi connectivity index (χ4n) is 6.32. The Hall–Kier alpha value is -3.94. The fourth-order valence-corrected chi connectivity index (χ4v) is 6.32. The molecule has 0 saturated carbocycles. The normalized spacial score (nSPS) is 20.9. The maximum absolute atomic E-state index is 13.0. The number of hydrogen-bond acceptors (Lipinski definition) is 6. The number of nitrogens with zero attached hydrogens (tertiary/aromatic N) is 5. The summed E-state index contributed by atoms with van der Waals surface area (Å²) in [7, 11) is 0. The standard InChI is InChI=1S/C31H36N6O2/c1-5-24-27(21-15-22-12-13-23(16-21)36(22)30(38)39-31(2,3)4)35-29-25(18-34-37(29)28(24)32)20-11-14-26(33-17-20)19-9-7-6-8-10-19/h6-11,14,17-18,21-23H,5,12-13,15-16,32H2,1-4H3. The van der Waals surface area contributed by atoms with Gasteiger partial charge >= 0.3 is 6.09 Å². The van der Waals surface area contributed by atoms with Crippen molar-refractivity contribution in [3.63, 3.8) is 0 Å². The molecule has 2 aliphatic rings. The molecule has 6 rings (SSSR count). The second-order valence-electron chi connectivity index (χ2n) is 11.7. The monoisotopic (exact) mass is 524 g/mol. The van der Waals surface area contributed by atoms with Gasteiger partial charge in [0, 0.05) is 46.5 Å². The minimum absolute atomic E-state index is 0.159. The van der Waals surface area contributed by atoms with E-state index >= 15 is 0 Å². The number of nitrogen functional groups attached to an aromatic ring is 1. The molecule has 8 nitrogen and oxygen atoms in total. The Morgan fingerprint density at radius 1 is 1.03 bits per heavy atom. The summed E-state index contributed by atoms with van der Waals surface area (Å²) in [6.45, 7) is 7.87. The third-order valence-corrected chi connectivity index (χ3v) is 8.04. The van der Waals surface area contributed by atoms with E-state index in [4.69, 9.17) is 20.4 Å². The van der Waals surface area contributed by atoms with Gasteiger partial charge in [-0.2, -0.15) is 9.61 Å². The Morgan fingerprint density at radius 3 is 2.36 bits per heavy atom. The zero-order valence-electron chi connectivity index (χ0n) is 23.1. The number of fused-ring (bicyclic) bond motifs is 3. The molecular formula is C31H36N6O2. The van der Waals surface area contributed by atoms with Crippen molar-refractivity contribution < 1.29 is 9.53 Å². The first-order chi connectivity index (χ1) is 18.7. The molecule has 2 atom stereocenters. The zero-order chi connectivity index (χ0) is 27.3. The van der Waals surface area contributed by atoms with E-state index in [1.807, 2.05) is 62.3 Å². The number of anilines is 1. The zero-order valence-corrected chi connectivity index (χ0v) is 23.1. The van der Waals surface area contributed by atoms with Crippen LogP contribution in [0.3, 0.4) is 0 Å². The van der Waals surface area contributed by atoms with Crippen molar-refractivity contribution in [1.82, 2.24) is 24.5 Å². The number of pyridine rings is 1. The van der Waals surface area contributed by atoms with E-state index in [1.54, 1.807) is 4.52 Å². The number of amides is 1. The SMILES string of the molecule is CCc1c(C2CC3CCC(C2)N3C(=O)OC(C)(C)C)nc2c(-c3ccc(-c4ccccc4)nc3)cnn2c1N. The van der Waals surface area contributed by atoms with Crippen molar-refractivity contribution in [1.29, 1.82) is 0 Å². The van der Waals surface area contributed by atoms with Gasteiger partial charge in [-0.3, -0.25) is 4.98 Å². The maximum atomic E-state index is 13.0. The predicted octanol–water partition coefficient (Wildman–Crippen LogP) is 6.25. The number of carbonyl (C=O) groups excluding carboxylic acids is 1. The minimum Gasteiger partial charge on any atom is -0.444 e. The Labute approximate surface area is 229 Å². The molecule has 0 spiro atoms. The Kier molecular flexibility index (Phi) is 6.28. The average molecular weight is 525 g/mol. The molecule has 39 heavy (non-hydrogen) atoms. The predicted molar refractivity (Wildman–Crippen MR) is 152 cm³/mol. The summed E-state index contributed by atoms with van der Waals surface area (Å²) in [5.74, 6) is 0.865. The van der Waals surface area contributed by atoms with Crippen LogP contribution in [0.5, 0.6) is 0 Å². The van der Waals surface area contributed by atoms with Crippen molar-refractivity contribution in [2.75, 3.05) is 5.73 Å². The minimum atomic E-state index is -0.504. The topological polar surface area (TPSA) is 98.6 Å². The third kappa shape index (κ3) is 4.62. The lowest BCUT2D eigenvalue weighted by Gasteiger charge is -2.39. The van der Waals surface area contributed by atoms with Crippen LogP contribution in [0.1, 0.15) is 70.6 Å². The molecule has 2 bridgehead atoms. The van der Waals surface area contributed by atoms with Gasteiger partial charge in [-0.15, -0.1) is 0 Å². The first kappa shape index (κ1) is 25.3. The second kappa shape index (κ2) is 9.67. The van der Waals surface area contributed by atoms with Crippen LogP contribution in [0.4, 0.5) is 10.6 Å². The first-order valence-corrected chi connectivity index (χ1v) is 13.9. The van der Waals surface area contributed by atoms with Crippen molar-refractivity contribution >= 4 is 17.6 Å². The molecule has 1 aromatic carbocycles. The molecule has 2 aliphatic heterocycles. The Balaban J connectivity index is 1.33. The molecule has 2 saturated heterocycles. The highest BCUT2D eigenvalue weighted by molar-refractivity contribution is 5.79. The lowest BCUT2D eigenvalue weighted by atomic mass is 9.85. The van der Waals surface area contributed by atoms with Gasteiger partial charge in [0.15, 0.2) is 5.65 Å². The summed E-state index contributed by atoms with van der Waals surface area (Å²) in [6, 6.07) is 14.6. The van der Waals surface area contributed by atoms with Crippen LogP contribution in [0, 0.1) is 0 Å². The van der Waals surface area contributed by atoms with Crippen LogP contribution in [0.15, 0.2) is 54.9 Å². The molecule has 3 aromatic heterocycles. The van der Waals surface area contributed by atoms with Gasteiger partial charge in [0.2, 0.25) is 0 Å². The van der Waals surface area contributed by atoms with Gasteiger partial charge in [0.1, 0.15) is 11.4 Å². The number of carbonyl (C=O) groups is 1. The van der Waals surface area contributed by atoms with Crippen LogP contribution >= 0.6 is 0 Å². The summed E-state index contributed by atoms with van der Waals surface area (Å²) in [5, 5.41) is 4.61. The molecule has 2 N–H and O–H groups in total. The van der Waals surface area contributed by atoms with Crippen LogP contribution in [-0.2, 0) is 11.2 Å².